The van der Waals surface area contributed by atoms with Crippen molar-refractivity contribution in [3.63, 3.8) is 0 Å². The molecular weight excluding hydrogens is 390 g/mol. The topological polar surface area (TPSA) is 85.5 Å². The Morgan fingerprint density at radius 2 is 1.93 bits per heavy atom. The first-order valence-electron chi connectivity index (χ1n) is 10.5. The fourth-order valence-electron chi connectivity index (χ4n) is 5.29. The molecule has 0 radical (unpaired) electrons. The van der Waals surface area contributed by atoms with Crippen LogP contribution in [0.5, 0.6) is 0 Å². The number of fused-ring (bicyclic) bond motifs is 3. The maximum absolute atomic E-state index is 13.5. The second-order valence-electron chi connectivity index (χ2n) is 8.46. The zero-order valence-corrected chi connectivity index (χ0v) is 17.5. The van der Waals surface area contributed by atoms with Crippen LogP contribution in [0.2, 0.25) is 0 Å². The van der Waals surface area contributed by atoms with E-state index in [9.17, 15) is 8.42 Å². The summed E-state index contributed by atoms with van der Waals surface area (Å²) < 4.78 is 39.3. The quantitative estimate of drug-likeness (QED) is 0.718. The lowest BCUT2D eigenvalue weighted by atomic mass is 9.92. The van der Waals surface area contributed by atoms with Crippen molar-refractivity contribution in [1.82, 2.24) is 14.4 Å². The SMILES string of the molecule is COCCc1noc(C2C[C@H]3CC[C@@H](C2)N3S(=O)(=O)c2ccc3c(c2)CCC3)n1. The number of hydrogen-bond donors (Lipinski definition) is 0. The van der Waals surface area contributed by atoms with Gasteiger partial charge >= 0.3 is 0 Å². The number of aryl methyl sites for hydroxylation is 2. The summed E-state index contributed by atoms with van der Waals surface area (Å²) in [7, 11) is -1.83. The largest absolute Gasteiger partial charge is 0.384 e. The predicted molar refractivity (Wildman–Crippen MR) is 106 cm³/mol. The van der Waals surface area contributed by atoms with Gasteiger partial charge in [-0.15, -0.1) is 0 Å². The molecule has 1 aromatic heterocycles. The Morgan fingerprint density at radius 1 is 1.17 bits per heavy atom. The Morgan fingerprint density at radius 3 is 2.69 bits per heavy atom. The summed E-state index contributed by atoms with van der Waals surface area (Å²) in [5.74, 6) is 1.42. The summed E-state index contributed by atoms with van der Waals surface area (Å²) in [5.41, 5.74) is 2.49. The summed E-state index contributed by atoms with van der Waals surface area (Å²) in [6, 6.07) is 5.72. The van der Waals surface area contributed by atoms with Crippen molar-refractivity contribution in [2.75, 3.05) is 13.7 Å². The fraction of sp³-hybridized carbons (Fsp3) is 0.619. The smallest absolute Gasteiger partial charge is 0.243 e. The van der Waals surface area contributed by atoms with E-state index >= 15 is 0 Å². The van der Waals surface area contributed by atoms with Gasteiger partial charge in [-0.3, -0.25) is 0 Å². The van der Waals surface area contributed by atoms with Gasteiger partial charge in [-0.1, -0.05) is 11.2 Å². The monoisotopic (exact) mass is 417 g/mol. The van der Waals surface area contributed by atoms with Crippen LogP contribution in [0, 0.1) is 0 Å². The van der Waals surface area contributed by atoms with Gasteiger partial charge in [-0.05, 0) is 68.2 Å². The zero-order valence-electron chi connectivity index (χ0n) is 16.7. The second-order valence-corrected chi connectivity index (χ2v) is 10.3. The number of sulfonamides is 1. The van der Waals surface area contributed by atoms with E-state index < -0.39 is 10.0 Å². The van der Waals surface area contributed by atoms with Crippen molar-refractivity contribution in [2.45, 2.75) is 74.3 Å². The van der Waals surface area contributed by atoms with Crippen LogP contribution >= 0.6 is 0 Å². The summed E-state index contributed by atoms with van der Waals surface area (Å²) in [6.45, 7) is 0.557. The van der Waals surface area contributed by atoms with E-state index in [0.29, 0.717) is 29.6 Å². The van der Waals surface area contributed by atoms with Crippen molar-refractivity contribution in [1.29, 1.82) is 0 Å². The van der Waals surface area contributed by atoms with Gasteiger partial charge in [0.15, 0.2) is 5.82 Å². The van der Waals surface area contributed by atoms with Crippen LogP contribution in [-0.2, 0) is 34.0 Å². The van der Waals surface area contributed by atoms with Crippen LogP contribution in [-0.4, -0.2) is 48.7 Å². The van der Waals surface area contributed by atoms with Gasteiger partial charge in [0.1, 0.15) is 0 Å². The van der Waals surface area contributed by atoms with E-state index in [0.717, 1.165) is 44.9 Å². The third-order valence-corrected chi connectivity index (χ3v) is 8.68. The highest BCUT2D eigenvalue weighted by molar-refractivity contribution is 7.89. The van der Waals surface area contributed by atoms with Gasteiger partial charge < -0.3 is 9.26 Å². The van der Waals surface area contributed by atoms with Gasteiger partial charge in [0.2, 0.25) is 15.9 Å². The molecule has 2 fully saturated rings. The van der Waals surface area contributed by atoms with Gasteiger partial charge in [0, 0.05) is 31.5 Å². The molecule has 1 aliphatic carbocycles. The first kappa shape index (κ1) is 19.2. The summed E-state index contributed by atoms with van der Waals surface area (Å²) >= 11 is 0. The molecule has 0 spiro atoms. The minimum Gasteiger partial charge on any atom is -0.384 e. The van der Waals surface area contributed by atoms with Crippen LogP contribution < -0.4 is 0 Å². The molecule has 1 unspecified atom stereocenters. The van der Waals surface area contributed by atoms with Gasteiger partial charge in [-0.2, -0.15) is 9.29 Å². The van der Waals surface area contributed by atoms with Crippen LogP contribution in [0.15, 0.2) is 27.6 Å². The number of piperidine rings is 1. The molecule has 8 heteroatoms. The van der Waals surface area contributed by atoms with Crippen LogP contribution in [0.3, 0.4) is 0 Å². The number of methoxy groups -OCH3 is 1. The van der Waals surface area contributed by atoms with Crippen molar-refractivity contribution >= 4 is 10.0 Å². The van der Waals surface area contributed by atoms with Gasteiger partial charge in [0.05, 0.1) is 11.5 Å². The normalized spacial score (nSPS) is 26.7. The van der Waals surface area contributed by atoms with Crippen LogP contribution in [0.25, 0.3) is 0 Å². The molecule has 2 aliphatic heterocycles. The zero-order chi connectivity index (χ0) is 20.0. The van der Waals surface area contributed by atoms with E-state index in [1.165, 1.54) is 11.1 Å². The van der Waals surface area contributed by atoms with E-state index in [-0.39, 0.29) is 18.0 Å². The molecule has 29 heavy (non-hydrogen) atoms. The van der Waals surface area contributed by atoms with Gasteiger partial charge in [0.25, 0.3) is 0 Å². The Hall–Kier alpha value is -1.77. The molecule has 1 aromatic carbocycles. The van der Waals surface area contributed by atoms with E-state index in [1.807, 2.05) is 12.1 Å². The fourth-order valence-corrected chi connectivity index (χ4v) is 7.23. The molecule has 2 bridgehead atoms. The number of ether oxygens (including phenoxy) is 1. The molecule has 3 heterocycles. The highest BCUT2D eigenvalue weighted by atomic mass is 32.2. The average molecular weight is 418 g/mol. The Bertz CT molecular complexity index is 989. The molecule has 156 valence electrons. The van der Waals surface area contributed by atoms with Crippen molar-refractivity contribution in [3.05, 3.63) is 41.0 Å². The molecule has 2 saturated heterocycles. The lowest BCUT2D eigenvalue weighted by Crippen LogP contribution is -2.46. The second kappa shape index (κ2) is 7.49. The van der Waals surface area contributed by atoms with Crippen molar-refractivity contribution < 1.29 is 17.7 Å². The number of rotatable bonds is 6. The number of nitrogens with zero attached hydrogens (tertiary/aromatic N) is 3. The van der Waals surface area contributed by atoms with Crippen molar-refractivity contribution in [3.8, 4) is 0 Å². The number of benzene rings is 1. The Balaban J connectivity index is 1.35. The maximum atomic E-state index is 13.5. The summed E-state index contributed by atoms with van der Waals surface area (Å²) in [5, 5.41) is 4.05. The lowest BCUT2D eigenvalue weighted by Gasteiger charge is -2.36. The minimum absolute atomic E-state index is 0.00586. The first-order chi connectivity index (χ1) is 14.1. The molecule has 0 amide bonds. The van der Waals surface area contributed by atoms with Gasteiger partial charge in [-0.25, -0.2) is 8.42 Å². The standard InChI is InChI=1S/C21H27N3O4S/c1-27-10-9-20-22-21(28-23-20)16-11-17-6-7-18(12-16)24(17)29(25,26)19-8-5-14-3-2-4-15(14)13-19/h5,8,13,16-18H,2-4,6-7,9-12H2,1H3/t16?,17-,18+. The molecule has 2 aromatic rings. The minimum atomic E-state index is -3.48. The first-order valence-corrected chi connectivity index (χ1v) is 12.0. The maximum Gasteiger partial charge on any atom is 0.243 e. The third-order valence-electron chi connectivity index (χ3n) is 6.67. The van der Waals surface area contributed by atoms with E-state index in [2.05, 4.69) is 10.1 Å². The summed E-state index contributed by atoms with van der Waals surface area (Å²) in [6.07, 6.45) is 7.06. The molecule has 3 atom stereocenters. The molecule has 5 rings (SSSR count). The predicted octanol–water partition coefficient (Wildman–Crippen LogP) is 2.85. The summed E-state index contributed by atoms with van der Waals surface area (Å²) in [4.78, 5) is 4.98. The molecule has 0 saturated carbocycles. The highest BCUT2D eigenvalue weighted by Gasteiger charge is 2.48. The Kier molecular flexibility index (Phi) is 4.96. The Labute approximate surface area is 171 Å². The van der Waals surface area contributed by atoms with E-state index in [1.54, 1.807) is 17.5 Å². The number of aromatic nitrogens is 2. The number of hydrogen-bond acceptors (Lipinski definition) is 6. The van der Waals surface area contributed by atoms with Crippen LogP contribution in [0.4, 0.5) is 0 Å². The average Bonchev–Trinajstić information content (AvgIpc) is 3.43. The molecular formula is C21H27N3O4S. The molecule has 0 N–H and O–H groups in total. The molecule has 3 aliphatic rings. The van der Waals surface area contributed by atoms with Crippen LogP contribution in [0.1, 0.15) is 60.9 Å². The highest BCUT2D eigenvalue weighted by Crippen LogP contribution is 2.45. The molecule has 7 nitrogen and oxygen atoms in total. The van der Waals surface area contributed by atoms with E-state index in [4.69, 9.17) is 9.26 Å². The lowest BCUT2D eigenvalue weighted by molar-refractivity contribution is 0.198. The van der Waals surface area contributed by atoms with Crippen molar-refractivity contribution in [2.24, 2.45) is 0 Å². The third kappa shape index (κ3) is 3.41.